The van der Waals surface area contributed by atoms with E-state index in [2.05, 4.69) is 114 Å². The van der Waals surface area contributed by atoms with E-state index in [-0.39, 0.29) is 0 Å². The van der Waals surface area contributed by atoms with Crippen LogP contribution in [0.15, 0.2) is 58.3 Å². The zero-order chi connectivity index (χ0) is 18.4. The second kappa shape index (κ2) is 9.34. The highest BCUT2D eigenvalue weighted by atomic mass is 32.2. The normalized spacial score (nSPS) is 12.2. The van der Waals surface area contributed by atoms with Crippen molar-refractivity contribution in [1.82, 2.24) is 0 Å². The first-order chi connectivity index (χ1) is 11.8. The molecule has 0 saturated carbocycles. The van der Waals surface area contributed by atoms with Gasteiger partial charge in [0.05, 0.1) is 8.07 Å². The number of rotatable bonds is 8. The van der Waals surface area contributed by atoms with Gasteiger partial charge in [0.25, 0.3) is 0 Å². The van der Waals surface area contributed by atoms with Gasteiger partial charge in [0, 0.05) is 9.79 Å². The van der Waals surface area contributed by atoms with E-state index in [1.54, 1.807) is 0 Å². The highest BCUT2D eigenvalue weighted by Crippen LogP contribution is 2.40. The average molecular weight is 389 g/mol. The van der Waals surface area contributed by atoms with Gasteiger partial charge in [0.15, 0.2) is 0 Å². The van der Waals surface area contributed by atoms with E-state index >= 15 is 0 Å². The fraction of sp³-hybridized carbons (Fsp3) is 0.455. The van der Waals surface area contributed by atoms with E-state index < -0.39 is 8.07 Å². The zero-order valence-electron chi connectivity index (χ0n) is 16.5. The van der Waals surface area contributed by atoms with Gasteiger partial charge >= 0.3 is 0 Å². The Labute approximate surface area is 164 Å². The highest BCUT2D eigenvalue weighted by molar-refractivity contribution is 8.03. The van der Waals surface area contributed by atoms with Crippen molar-refractivity contribution in [3.63, 3.8) is 0 Å². The predicted molar refractivity (Wildman–Crippen MR) is 120 cm³/mol. The summed E-state index contributed by atoms with van der Waals surface area (Å²) in [5, 5.41) is 2.62. The van der Waals surface area contributed by atoms with Gasteiger partial charge in [-0.1, -0.05) is 63.1 Å². The second-order valence-corrected chi connectivity index (χ2v) is 16.4. The van der Waals surface area contributed by atoms with Crippen LogP contribution in [0.1, 0.15) is 38.8 Å². The lowest BCUT2D eigenvalue weighted by atomic mass is 10.2. The summed E-state index contributed by atoms with van der Waals surface area (Å²) >= 11 is 4.16. The minimum Gasteiger partial charge on any atom is -0.129 e. The van der Waals surface area contributed by atoms with Crippen molar-refractivity contribution in [3.8, 4) is 0 Å². The molecule has 0 nitrogen and oxygen atoms in total. The molecule has 0 aliphatic heterocycles. The van der Waals surface area contributed by atoms with Crippen molar-refractivity contribution in [1.29, 1.82) is 0 Å². The SMILES string of the molecule is Cc1ccc(SC[Si](CSc2ccc(C)cc2)(C(C)C)C(C)C)cc1. The molecule has 0 aliphatic rings. The van der Waals surface area contributed by atoms with Crippen LogP contribution in [0.4, 0.5) is 0 Å². The van der Waals surface area contributed by atoms with Gasteiger partial charge in [-0.25, -0.2) is 0 Å². The van der Waals surface area contributed by atoms with Crippen molar-refractivity contribution in [2.75, 3.05) is 10.8 Å². The molecule has 2 aromatic carbocycles. The van der Waals surface area contributed by atoms with Crippen LogP contribution in [-0.4, -0.2) is 18.8 Å². The quantitative estimate of drug-likeness (QED) is 0.338. The van der Waals surface area contributed by atoms with Crippen LogP contribution in [0.5, 0.6) is 0 Å². The molecule has 0 aromatic heterocycles. The summed E-state index contributed by atoms with van der Waals surface area (Å²) in [6, 6.07) is 18.1. The number of thioether (sulfide) groups is 2. The van der Waals surface area contributed by atoms with E-state index in [1.165, 1.54) is 31.7 Å². The number of hydrogen-bond donors (Lipinski definition) is 0. The molecule has 0 spiro atoms. The molecule has 2 aromatic rings. The van der Waals surface area contributed by atoms with Crippen LogP contribution < -0.4 is 0 Å². The molecule has 25 heavy (non-hydrogen) atoms. The second-order valence-electron chi connectivity index (χ2n) is 7.75. The standard InChI is InChI=1S/C22H32S2Si/c1-17(2)25(18(3)4,15-23-21-11-7-19(5)8-12-21)16-24-22-13-9-20(6)10-14-22/h7-14,17-18H,15-16H2,1-6H3. The zero-order valence-corrected chi connectivity index (χ0v) is 19.1. The third kappa shape index (κ3) is 5.67. The van der Waals surface area contributed by atoms with E-state index in [0.29, 0.717) is 0 Å². The lowest BCUT2D eigenvalue weighted by Gasteiger charge is -2.39. The van der Waals surface area contributed by atoms with Crippen molar-refractivity contribution in [3.05, 3.63) is 59.7 Å². The van der Waals surface area contributed by atoms with Gasteiger partial charge in [-0.3, -0.25) is 0 Å². The summed E-state index contributed by atoms with van der Waals surface area (Å²) in [4.78, 5) is 2.84. The molecule has 2 rings (SSSR count). The highest BCUT2D eigenvalue weighted by Gasteiger charge is 2.39. The Morgan fingerprint density at radius 3 is 1.24 bits per heavy atom. The summed E-state index contributed by atoms with van der Waals surface area (Å²) in [5.74, 6) is 0. The van der Waals surface area contributed by atoms with Crippen molar-refractivity contribution in [2.24, 2.45) is 0 Å². The average Bonchev–Trinajstić information content (AvgIpc) is 2.57. The summed E-state index contributed by atoms with van der Waals surface area (Å²) in [5.41, 5.74) is 4.28. The molecule has 0 fully saturated rings. The third-order valence-corrected chi connectivity index (χ3v) is 16.6. The van der Waals surface area contributed by atoms with Crippen LogP contribution in [0.25, 0.3) is 0 Å². The van der Waals surface area contributed by atoms with Gasteiger partial charge in [-0.2, -0.15) is 0 Å². The molecule has 0 amide bonds. The largest absolute Gasteiger partial charge is 0.129 e. The van der Waals surface area contributed by atoms with Crippen LogP contribution in [0.2, 0.25) is 11.1 Å². The van der Waals surface area contributed by atoms with Gasteiger partial charge in [-0.05, 0) is 59.9 Å². The minimum atomic E-state index is -1.42. The lowest BCUT2D eigenvalue weighted by molar-refractivity contribution is 0.901. The number of benzene rings is 2. The van der Waals surface area contributed by atoms with E-state index in [4.69, 9.17) is 0 Å². The van der Waals surface area contributed by atoms with Gasteiger partial charge in [-0.15, -0.1) is 23.5 Å². The maximum Gasteiger partial charge on any atom is 0.0798 e. The first kappa shape index (κ1) is 20.7. The van der Waals surface area contributed by atoms with E-state index in [0.717, 1.165) is 11.1 Å². The van der Waals surface area contributed by atoms with Crippen molar-refractivity contribution < 1.29 is 0 Å². The topological polar surface area (TPSA) is 0 Å². The molecular formula is C22H32S2Si. The molecular weight excluding hydrogens is 356 g/mol. The Morgan fingerprint density at radius 1 is 0.640 bits per heavy atom. The van der Waals surface area contributed by atoms with Crippen LogP contribution in [-0.2, 0) is 0 Å². The summed E-state index contributed by atoms with van der Waals surface area (Å²) in [6.45, 7) is 14.1. The molecule has 3 heteroatoms. The first-order valence-electron chi connectivity index (χ1n) is 9.22. The Hall–Kier alpha value is -0.643. The Bertz CT molecular complexity index is 585. The summed E-state index contributed by atoms with van der Waals surface area (Å²) in [6.07, 6.45) is 0. The maximum atomic E-state index is 2.46. The maximum absolute atomic E-state index is 2.46. The summed E-state index contributed by atoms with van der Waals surface area (Å²) in [7, 11) is -1.42. The van der Waals surface area contributed by atoms with Gasteiger partial charge in [0.2, 0.25) is 0 Å². The van der Waals surface area contributed by atoms with Crippen molar-refractivity contribution in [2.45, 2.75) is 62.4 Å². The third-order valence-electron chi connectivity index (χ3n) is 5.36. The lowest BCUT2D eigenvalue weighted by Crippen LogP contribution is -2.47. The molecule has 136 valence electrons. The molecule has 0 heterocycles. The smallest absolute Gasteiger partial charge is 0.0798 e. The number of aryl methyl sites for hydroxylation is 2. The molecule has 0 bridgehead atoms. The Morgan fingerprint density at radius 2 is 0.960 bits per heavy atom. The monoisotopic (exact) mass is 388 g/mol. The predicted octanol–water partition coefficient (Wildman–Crippen LogP) is 7.54. The molecule has 0 radical (unpaired) electrons. The van der Waals surface area contributed by atoms with Crippen molar-refractivity contribution >= 4 is 31.6 Å². The summed E-state index contributed by atoms with van der Waals surface area (Å²) < 4.78 is 0. The first-order valence-corrected chi connectivity index (χ1v) is 13.8. The molecule has 0 saturated heterocycles. The molecule has 0 unspecified atom stereocenters. The molecule has 0 atom stereocenters. The number of hydrogen-bond acceptors (Lipinski definition) is 2. The van der Waals surface area contributed by atoms with Crippen LogP contribution in [0.3, 0.4) is 0 Å². The Balaban J connectivity index is 2.12. The fourth-order valence-electron chi connectivity index (χ4n) is 3.08. The Kier molecular flexibility index (Phi) is 7.72. The van der Waals surface area contributed by atoms with Crippen LogP contribution >= 0.6 is 23.5 Å². The fourth-order valence-corrected chi connectivity index (χ4v) is 15.0. The van der Waals surface area contributed by atoms with Gasteiger partial charge < -0.3 is 0 Å². The van der Waals surface area contributed by atoms with E-state index in [9.17, 15) is 0 Å². The molecule has 0 N–H and O–H groups in total. The van der Waals surface area contributed by atoms with Crippen LogP contribution in [0, 0.1) is 13.8 Å². The molecule has 0 aliphatic carbocycles. The van der Waals surface area contributed by atoms with E-state index in [1.807, 2.05) is 0 Å². The van der Waals surface area contributed by atoms with Gasteiger partial charge in [0.1, 0.15) is 0 Å². The minimum absolute atomic E-state index is 0.795.